The Balaban J connectivity index is 2.70. The number of ether oxygens (including phenoxy) is 1. The van der Waals surface area contributed by atoms with Gasteiger partial charge in [0.2, 0.25) is 0 Å². The van der Waals surface area contributed by atoms with Crippen LogP contribution in [0.3, 0.4) is 0 Å². The summed E-state index contributed by atoms with van der Waals surface area (Å²) in [6, 6.07) is 6.24. The van der Waals surface area contributed by atoms with Gasteiger partial charge in [0.25, 0.3) is 0 Å². The predicted octanol–water partition coefficient (Wildman–Crippen LogP) is 4.58. The summed E-state index contributed by atoms with van der Waals surface area (Å²) in [5, 5.41) is 4.90. The summed E-state index contributed by atoms with van der Waals surface area (Å²) >= 11 is 12.4. The Morgan fingerprint density at radius 2 is 2.05 bits per heavy atom. The molecular weight excluding hydrogens is 293 g/mol. The van der Waals surface area contributed by atoms with Gasteiger partial charge >= 0.3 is 0 Å². The molecule has 0 aromatic heterocycles. The first-order chi connectivity index (χ1) is 9.58. The van der Waals surface area contributed by atoms with Crippen LogP contribution in [0.25, 0.3) is 0 Å². The van der Waals surface area contributed by atoms with Crippen LogP contribution in [-0.4, -0.2) is 26.3 Å². The third-order valence-corrected chi connectivity index (χ3v) is 4.18. The number of benzene rings is 1. The Morgan fingerprint density at radius 3 is 2.70 bits per heavy atom. The molecule has 1 rings (SSSR count). The van der Waals surface area contributed by atoms with Crippen molar-refractivity contribution in [2.75, 3.05) is 20.3 Å². The summed E-state index contributed by atoms with van der Waals surface area (Å²) in [6.45, 7) is 6.19. The van der Waals surface area contributed by atoms with Gasteiger partial charge in [-0.2, -0.15) is 0 Å². The molecule has 0 heterocycles. The minimum absolute atomic E-state index is 0.399. The zero-order chi connectivity index (χ0) is 15.0. The molecule has 4 heteroatoms. The monoisotopic (exact) mass is 317 g/mol. The van der Waals surface area contributed by atoms with Crippen molar-refractivity contribution in [3.05, 3.63) is 33.8 Å². The molecule has 0 spiro atoms. The van der Waals surface area contributed by atoms with Crippen molar-refractivity contribution < 1.29 is 4.74 Å². The van der Waals surface area contributed by atoms with Gasteiger partial charge in [-0.25, -0.2) is 0 Å². The predicted molar refractivity (Wildman–Crippen MR) is 87.9 cm³/mol. The van der Waals surface area contributed by atoms with Crippen molar-refractivity contribution >= 4 is 23.2 Å². The second-order valence-electron chi connectivity index (χ2n) is 5.36. The number of hydrogen-bond acceptors (Lipinski definition) is 2. The lowest BCUT2D eigenvalue weighted by molar-refractivity contribution is 0.149. The zero-order valence-corrected chi connectivity index (χ0v) is 14.1. The number of halogens is 2. The Bertz CT molecular complexity index is 398. The minimum atomic E-state index is 0.399. The molecule has 0 fully saturated rings. The largest absolute Gasteiger partial charge is 0.384 e. The first-order valence-corrected chi connectivity index (χ1v) is 7.99. The average Bonchev–Trinajstić information content (AvgIpc) is 2.41. The van der Waals surface area contributed by atoms with E-state index in [1.54, 1.807) is 7.11 Å². The summed E-state index contributed by atoms with van der Waals surface area (Å²) in [4.78, 5) is 0. The van der Waals surface area contributed by atoms with E-state index in [9.17, 15) is 0 Å². The molecule has 0 bridgehead atoms. The van der Waals surface area contributed by atoms with Gasteiger partial charge < -0.3 is 10.1 Å². The van der Waals surface area contributed by atoms with E-state index >= 15 is 0 Å². The lowest BCUT2D eigenvalue weighted by Gasteiger charge is -2.22. The number of rotatable bonds is 9. The van der Waals surface area contributed by atoms with Crippen molar-refractivity contribution in [1.29, 1.82) is 0 Å². The molecule has 0 saturated heterocycles. The lowest BCUT2D eigenvalue weighted by atomic mass is 9.96. The van der Waals surface area contributed by atoms with Crippen LogP contribution in [0.2, 0.25) is 10.0 Å². The Morgan fingerprint density at radius 1 is 1.30 bits per heavy atom. The molecule has 0 amide bonds. The molecule has 1 aromatic carbocycles. The number of nitrogens with one attached hydrogen (secondary N) is 1. The summed E-state index contributed by atoms with van der Waals surface area (Å²) < 4.78 is 5.23. The zero-order valence-electron chi connectivity index (χ0n) is 12.6. The van der Waals surface area contributed by atoms with Gasteiger partial charge in [0.15, 0.2) is 0 Å². The molecular formula is C16H25Cl2NO. The maximum Gasteiger partial charge on any atom is 0.0624 e. The highest BCUT2D eigenvalue weighted by molar-refractivity contribution is 6.42. The highest BCUT2D eigenvalue weighted by atomic mass is 35.5. The fourth-order valence-corrected chi connectivity index (χ4v) is 2.79. The third-order valence-electron chi connectivity index (χ3n) is 3.32. The van der Waals surface area contributed by atoms with Gasteiger partial charge in [0, 0.05) is 19.8 Å². The third kappa shape index (κ3) is 6.01. The van der Waals surface area contributed by atoms with Crippen LogP contribution in [-0.2, 0) is 11.2 Å². The summed E-state index contributed by atoms with van der Waals surface area (Å²) in [7, 11) is 1.75. The number of methoxy groups -OCH3 is 1. The van der Waals surface area contributed by atoms with Gasteiger partial charge in [-0.3, -0.25) is 0 Å². The molecule has 2 atom stereocenters. The maximum absolute atomic E-state index is 6.28. The summed E-state index contributed by atoms with van der Waals surface area (Å²) in [5.41, 5.74) is 1.11. The van der Waals surface area contributed by atoms with E-state index in [1.807, 2.05) is 12.1 Å². The van der Waals surface area contributed by atoms with Crippen LogP contribution in [0.5, 0.6) is 0 Å². The molecule has 2 nitrogen and oxygen atoms in total. The molecule has 0 aliphatic heterocycles. The smallest absolute Gasteiger partial charge is 0.0624 e. The average molecular weight is 318 g/mol. The van der Waals surface area contributed by atoms with Crippen molar-refractivity contribution in [1.82, 2.24) is 5.32 Å². The van der Waals surface area contributed by atoms with Gasteiger partial charge in [-0.05, 0) is 43.4 Å². The molecule has 0 radical (unpaired) electrons. The van der Waals surface area contributed by atoms with Gasteiger partial charge in [-0.15, -0.1) is 0 Å². The Hall–Kier alpha value is -0.280. The van der Waals surface area contributed by atoms with Gasteiger partial charge in [0.1, 0.15) is 0 Å². The van der Waals surface area contributed by atoms with Crippen LogP contribution in [0.15, 0.2) is 18.2 Å². The summed E-state index contributed by atoms with van der Waals surface area (Å²) in [6.07, 6.45) is 3.09. The van der Waals surface area contributed by atoms with Crippen molar-refractivity contribution in [3.63, 3.8) is 0 Å². The van der Waals surface area contributed by atoms with Crippen LogP contribution in [0, 0.1) is 5.92 Å². The lowest BCUT2D eigenvalue weighted by Crippen LogP contribution is -2.34. The summed E-state index contributed by atoms with van der Waals surface area (Å²) in [5.74, 6) is 0.521. The van der Waals surface area contributed by atoms with E-state index in [4.69, 9.17) is 27.9 Å². The Kier molecular flexibility index (Phi) is 8.55. The van der Waals surface area contributed by atoms with E-state index in [2.05, 4.69) is 25.2 Å². The molecule has 1 aromatic rings. The molecule has 114 valence electrons. The Labute approximate surface area is 132 Å². The maximum atomic E-state index is 6.28. The van der Waals surface area contributed by atoms with Gasteiger partial charge in [-0.1, -0.05) is 49.2 Å². The fourth-order valence-electron chi connectivity index (χ4n) is 2.40. The van der Waals surface area contributed by atoms with Crippen molar-refractivity contribution in [2.24, 2.45) is 5.92 Å². The van der Waals surface area contributed by atoms with E-state index in [1.165, 1.54) is 0 Å². The van der Waals surface area contributed by atoms with E-state index in [0.717, 1.165) is 38.0 Å². The first kappa shape index (κ1) is 17.8. The molecule has 0 saturated carbocycles. The molecule has 2 unspecified atom stereocenters. The minimum Gasteiger partial charge on any atom is -0.384 e. The van der Waals surface area contributed by atoms with E-state index in [0.29, 0.717) is 22.0 Å². The van der Waals surface area contributed by atoms with Crippen molar-refractivity contribution in [3.8, 4) is 0 Å². The number of hydrogen-bond donors (Lipinski definition) is 1. The quantitative estimate of drug-likeness (QED) is 0.720. The molecule has 0 aliphatic carbocycles. The highest BCUT2D eigenvalue weighted by Crippen LogP contribution is 2.27. The van der Waals surface area contributed by atoms with Crippen molar-refractivity contribution in [2.45, 2.75) is 39.2 Å². The highest BCUT2D eigenvalue weighted by Gasteiger charge is 2.15. The first-order valence-electron chi connectivity index (χ1n) is 7.23. The fraction of sp³-hybridized carbons (Fsp3) is 0.625. The SMILES string of the molecule is CCCNC(Cc1cccc(Cl)c1Cl)CC(C)COC. The van der Waals surface area contributed by atoms with Crippen LogP contribution in [0.4, 0.5) is 0 Å². The normalized spacial score (nSPS) is 14.2. The van der Waals surface area contributed by atoms with Crippen LogP contribution < -0.4 is 5.32 Å². The molecule has 20 heavy (non-hydrogen) atoms. The second kappa shape index (κ2) is 9.62. The molecule has 1 N–H and O–H groups in total. The van der Waals surface area contributed by atoms with E-state index in [-0.39, 0.29) is 0 Å². The second-order valence-corrected chi connectivity index (χ2v) is 6.15. The topological polar surface area (TPSA) is 21.3 Å². The molecule has 0 aliphatic rings. The van der Waals surface area contributed by atoms with Crippen LogP contribution >= 0.6 is 23.2 Å². The van der Waals surface area contributed by atoms with E-state index < -0.39 is 0 Å². The standard InChI is InChI=1S/C16H25Cl2NO/c1-4-8-19-14(9-12(2)11-20-3)10-13-6-5-7-15(17)16(13)18/h5-7,12,14,19H,4,8-11H2,1-3H3. The van der Waals surface area contributed by atoms with Crippen LogP contribution in [0.1, 0.15) is 32.3 Å². The van der Waals surface area contributed by atoms with Gasteiger partial charge in [0.05, 0.1) is 10.0 Å².